The number of carbonyl (C=O) groups is 3. The van der Waals surface area contributed by atoms with Crippen molar-refractivity contribution in [2.45, 2.75) is 277 Å². The van der Waals surface area contributed by atoms with Crippen molar-refractivity contribution < 1.29 is 28.6 Å². The quantitative estimate of drug-likeness (QED) is 0.0262. The Morgan fingerprint density at radius 3 is 0.969 bits per heavy atom. The third-order valence-electron chi connectivity index (χ3n) is 11.8. The Bertz CT molecular complexity index is 1170. The summed E-state index contributed by atoms with van der Waals surface area (Å²) in [5.74, 6) is -0.920. The average Bonchev–Trinajstić information content (AvgIpc) is 3.29. The van der Waals surface area contributed by atoms with Gasteiger partial charge in [-0.3, -0.25) is 14.4 Å². The van der Waals surface area contributed by atoms with Crippen molar-refractivity contribution in [1.29, 1.82) is 0 Å². The van der Waals surface area contributed by atoms with Crippen LogP contribution in [-0.2, 0) is 28.6 Å². The number of hydrogen-bond acceptors (Lipinski definition) is 6. The number of esters is 3. The van der Waals surface area contributed by atoms with E-state index in [0.717, 1.165) is 89.9 Å². The molecule has 0 fully saturated rings. The summed E-state index contributed by atoms with van der Waals surface area (Å²) in [5, 5.41) is 0. The largest absolute Gasteiger partial charge is 0.462 e. The first-order chi connectivity index (χ1) is 31.5. The van der Waals surface area contributed by atoms with Crippen molar-refractivity contribution in [2.24, 2.45) is 0 Å². The number of ether oxygens (including phenoxy) is 3. The summed E-state index contributed by atoms with van der Waals surface area (Å²) in [5.41, 5.74) is 0. The average molecular weight is 895 g/mol. The van der Waals surface area contributed by atoms with Crippen molar-refractivity contribution in [3.63, 3.8) is 0 Å². The maximum Gasteiger partial charge on any atom is 0.306 e. The van der Waals surface area contributed by atoms with Crippen LogP contribution in [0.5, 0.6) is 0 Å². The van der Waals surface area contributed by atoms with Gasteiger partial charge in [-0.05, 0) is 83.5 Å². The van der Waals surface area contributed by atoms with E-state index < -0.39 is 6.10 Å². The number of allylic oxidation sites excluding steroid dienone is 10. The molecule has 1 atom stereocenters. The summed E-state index contributed by atoms with van der Waals surface area (Å²) in [7, 11) is 0. The van der Waals surface area contributed by atoms with E-state index in [1.165, 1.54) is 141 Å². The first-order valence-electron chi connectivity index (χ1n) is 27.3. The molecule has 6 heteroatoms. The summed E-state index contributed by atoms with van der Waals surface area (Å²) in [6.45, 7) is 6.44. The Kier molecular flexibility index (Phi) is 50.4. The fourth-order valence-electron chi connectivity index (χ4n) is 7.66. The van der Waals surface area contributed by atoms with Gasteiger partial charge in [-0.15, -0.1) is 0 Å². The smallest absolute Gasteiger partial charge is 0.306 e. The lowest BCUT2D eigenvalue weighted by Gasteiger charge is -2.18. The second-order valence-corrected chi connectivity index (χ2v) is 18.1. The van der Waals surface area contributed by atoms with E-state index in [1.807, 2.05) is 0 Å². The van der Waals surface area contributed by atoms with Gasteiger partial charge in [-0.25, -0.2) is 0 Å². The van der Waals surface area contributed by atoms with Gasteiger partial charge in [0.05, 0.1) is 0 Å². The first-order valence-corrected chi connectivity index (χ1v) is 27.3. The summed E-state index contributed by atoms with van der Waals surface area (Å²) < 4.78 is 16.7. The van der Waals surface area contributed by atoms with Crippen LogP contribution in [0, 0.1) is 0 Å². The molecule has 0 saturated heterocycles. The van der Waals surface area contributed by atoms with Crippen molar-refractivity contribution in [1.82, 2.24) is 0 Å². The fourth-order valence-corrected chi connectivity index (χ4v) is 7.66. The molecule has 0 N–H and O–H groups in total. The zero-order valence-corrected chi connectivity index (χ0v) is 42.3. The Balaban J connectivity index is 4.06. The van der Waals surface area contributed by atoms with Crippen LogP contribution in [0.2, 0.25) is 0 Å². The van der Waals surface area contributed by atoms with Gasteiger partial charge in [-0.2, -0.15) is 0 Å². The summed E-state index contributed by atoms with van der Waals surface area (Å²) >= 11 is 0. The number of carbonyl (C=O) groups excluding carboxylic acids is 3. The molecule has 6 nitrogen and oxygen atoms in total. The molecule has 0 aliphatic rings. The van der Waals surface area contributed by atoms with Crippen LogP contribution in [-0.4, -0.2) is 37.2 Å². The minimum Gasteiger partial charge on any atom is -0.462 e. The van der Waals surface area contributed by atoms with Gasteiger partial charge in [0.15, 0.2) is 6.10 Å². The Hall–Kier alpha value is -2.89. The molecule has 1 unspecified atom stereocenters. The summed E-state index contributed by atoms with van der Waals surface area (Å²) in [6.07, 6.45) is 65.4. The molecule has 0 aliphatic heterocycles. The normalized spacial score (nSPS) is 12.5. The van der Waals surface area contributed by atoms with E-state index in [0.29, 0.717) is 19.3 Å². The zero-order valence-electron chi connectivity index (χ0n) is 42.3. The Morgan fingerprint density at radius 2 is 0.609 bits per heavy atom. The molecule has 0 saturated carbocycles. The van der Waals surface area contributed by atoms with E-state index in [1.54, 1.807) is 0 Å². The maximum atomic E-state index is 12.7. The zero-order chi connectivity index (χ0) is 46.5. The van der Waals surface area contributed by atoms with Crippen LogP contribution in [0.1, 0.15) is 271 Å². The van der Waals surface area contributed by atoms with Crippen LogP contribution >= 0.6 is 0 Å². The standard InChI is InChI=1S/C58H102O6/c1-4-7-10-13-16-18-20-22-23-24-25-26-27-28-29-30-31-32-33-34-35-37-38-40-42-45-48-51-57(60)63-54-55(53-62-56(59)50-47-44-15-12-9-6-3)64-58(61)52-49-46-43-41-39-36-21-19-17-14-11-8-5-2/h8,11,17,19-20,22,24-25,36,39,55H,4-7,9-10,12-16,18,21,23,26-35,37-38,40-54H2,1-3H3/b11-8-,19-17-,22-20-,25-24-,39-36-. The molecule has 0 aromatic heterocycles. The monoisotopic (exact) mass is 895 g/mol. The van der Waals surface area contributed by atoms with Gasteiger partial charge in [0.2, 0.25) is 0 Å². The minimum absolute atomic E-state index is 0.0847. The molecule has 0 bridgehead atoms. The highest BCUT2D eigenvalue weighted by Gasteiger charge is 2.19. The van der Waals surface area contributed by atoms with Crippen LogP contribution in [0.4, 0.5) is 0 Å². The van der Waals surface area contributed by atoms with Crippen molar-refractivity contribution >= 4 is 17.9 Å². The van der Waals surface area contributed by atoms with Gasteiger partial charge < -0.3 is 14.2 Å². The van der Waals surface area contributed by atoms with E-state index in [2.05, 4.69) is 81.5 Å². The number of unbranched alkanes of at least 4 members (excludes halogenated alkanes) is 28. The topological polar surface area (TPSA) is 78.9 Å². The predicted octanol–water partition coefficient (Wildman–Crippen LogP) is 18.0. The molecule has 0 radical (unpaired) electrons. The number of hydrogen-bond donors (Lipinski definition) is 0. The molecular formula is C58H102O6. The highest BCUT2D eigenvalue weighted by atomic mass is 16.6. The second-order valence-electron chi connectivity index (χ2n) is 18.1. The molecule has 0 spiro atoms. The van der Waals surface area contributed by atoms with Crippen molar-refractivity contribution in [3.8, 4) is 0 Å². The second kappa shape index (κ2) is 52.7. The minimum atomic E-state index is -0.784. The summed E-state index contributed by atoms with van der Waals surface area (Å²) in [4.78, 5) is 37.7. The SMILES string of the molecule is CC/C=C\C/C=C\C/C=C\CCCCCC(=O)OC(COC(=O)CCCCCCCC)COC(=O)CCCCCCCCCCCCCCCCC/C=C\C/C=C\CCCCCCC. The lowest BCUT2D eigenvalue weighted by Crippen LogP contribution is -2.30. The predicted molar refractivity (Wildman–Crippen MR) is 275 cm³/mol. The number of rotatable bonds is 49. The first kappa shape index (κ1) is 61.1. The lowest BCUT2D eigenvalue weighted by atomic mass is 10.0. The summed E-state index contributed by atoms with van der Waals surface area (Å²) in [6, 6.07) is 0. The Morgan fingerprint density at radius 1 is 0.328 bits per heavy atom. The van der Waals surface area contributed by atoms with E-state index in [4.69, 9.17) is 14.2 Å². The molecule has 0 aromatic rings. The molecule has 64 heavy (non-hydrogen) atoms. The van der Waals surface area contributed by atoms with Gasteiger partial charge in [0.1, 0.15) is 13.2 Å². The van der Waals surface area contributed by atoms with Gasteiger partial charge >= 0.3 is 17.9 Å². The van der Waals surface area contributed by atoms with Crippen LogP contribution < -0.4 is 0 Å². The molecule has 370 valence electrons. The van der Waals surface area contributed by atoms with Gasteiger partial charge in [0, 0.05) is 19.3 Å². The molecular weight excluding hydrogens is 793 g/mol. The van der Waals surface area contributed by atoms with Crippen LogP contribution in [0.15, 0.2) is 60.8 Å². The highest BCUT2D eigenvalue weighted by Crippen LogP contribution is 2.16. The van der Waals surface area contributed by atoms with Crippen LogP contribution in [0.25, 0.3) is 0 Å². The van der Waals surface area contributed by atoms with E-state index in [9.17, 15) is 14.4 Å². The van der Waals surface area contributed by atoms with E-state index >= 15 is 0 Å². The molecule has 0 heterocycles. The van der Waals surface area contributed by atoms with Gasteiger partial charge in [-0.1, -0.05) is 229 Å². The fraction of sp³-hybridized carbons (Fsp3) is 0.776. The van der Waals surface area contributed by atoms with Crippen molar-refractivity contribution in [3.05, 3.63) is 60.8 Å². The third-order valence-corrected chi connectivity index (χ3v) is 11.8. The van der Waals surface area contributed by atoms with Gasteiger partial charge in [0.25, 0.3) is 0 Å². The molecule has 0 aromatic carbocycles. The Labute approximate surface area is 396 Å². The third kappa shape index (κ3) is 50.1. The highest BCUT2D eigenvalue weighted by molar-refractivity contribution is 5.71. The molecule has 0 amide bonds. The van der Waals surface area contributed by atoms with E-state index in [-0.39, 0.29) is 31.1 Å². The molecule has 0 rings (SSSR count). The molecule has 0 aliphatic carbocycles. The maximum absolute atomic E-state index is 12.7. The van der Waals surface area contributed by atoms with Crippen molar-refractivity contribution in [2.75, 3.05) is 13.2 Å². The van der Waals surface area contributed by atoms with Crippen LogP contribution in [0.3, 0.4) is 0 Å². The lowest BCUT2D eigenvalue weighted by molar-refractivity contribution is -0.167.